The van der Waals surface area contributed by atoms with Crippen LogP contribution in [0.25, 0.3) is 5.52 Å². The molecule has 0 radical (unpaired) electrons. The van der Waals surface area contributed by atoms with E-state index in [2.05, 4.69) is 39.8 Å². The van der Waals surface area contributed by atoms with Gasteiger partial charge in [-0.25, -0.2) is 4.52 Å². The Morgan fingerprint density at radius 3 is 2.72 bits per heavy atom. The molecule has 0 aromatic carbocycles. The van der Waals surface area contributed by atoms with E-state index in [0.29, 0.717) is 17.7 Å². The SMILES string of the molecule is Cc1cnncc1C(=O)NCC1CC(NC(=O)c2cccn3nccc23)C1(C)C. The molecule has 0 aliphatic heterocycles. The molecule has 3 aromatic rings. The van der Waals surface area contributed by atoms with Crippen molar-refractivity contribution in [2.75, 3.05) is 6.54 Å². The van der Waals surface area contributed by atoms with Gasteiger partial charge in [0.05, 0.1) is 35.2 Å². The van der Waals surface area contributed by atoms with Crippen LogP contribution in [0.15, 0.2) is 43.0 Å². The van der Waals surface area contributed by atoms with Crippen LogP contribution in [0.3, 0.4) is 0 Å². The minimum absolute atomic E-state index is 0.0457. The summed E-state index contributed by atoms with van der Waals surface area (Å²) in [4.78, 5) is 25.2. The van der Waals surface area contributed by atoms with Crippen molar-refractivity contribution < 1.29 is 9.59 Å². The second-order valence-electron chi connectivity index (χ2n) is 8.16. The molecule has 2 amide bonds. The molecule has 2 unspecified atom stereocenters. The summed E-state index contributed by atoms with van der Waals surface area (Å²) in [5.41, 5.74) is 2.60. The number of carbonyl (C=O) groups is 2. The highest BCUT2D eigenvalue weighted by molar-refractivity contribution is 6.00. The van der Waals surface area contributed by atoms with E-state index in [0.717, 1.165) is 17.5 Å². The number of hydrogen-bond acceptors (Lipinski definition) is 5. The van der Waals surface area contributed by atoms with Gasteiger partial charge in [-0.3, -0.25) is 9.59 Å². The number of hydrogen-bond donors (Lipinski definition) is 2. The zero-order valence-corrected chi connectivity index (χ0v) is 16.7. The largest absolute Gasteiger partial charge is 0.352 e. The molecular weight excluding hydrogens is 368 g/mol. The van der Waals surface area contributed by atoms with E-state index in [4.69, 9.17) is 0 Å². The maximum atomic E-state index is 12.8. The van der Waals surface area contributed by atoms with E-state index in [1.165, 1.54) is 6.20 Å². The zero-order chi connectivity index (χ0) is 20.6. The van der Waals surface area contributed by atoms with Crippen molar-refractivity contribution in [3.8, 4) is 0 Å². The van der Waals surface area contributed by atoms with Crippen LogP contribution in [0, 0.1) is 18.3 Å². The summed E-state index contributed by atoms with van der Waals surface area (Å²) in [5, 5.41) is 17.9. The van der Waals surface area contributed by atoms with Crippen LogP contribution in [0.4, 0.5) is 0 Å². The van der Waals surface area contributed by atoms with E-state index < -0.39 is 0 Å². The van der Waals surface area contributed by atoms with Gasteiger partial charge in [0.1, 0.15) is 0 Å². The molecule has 2 N–H and O–H groups in total. The summed E-state index contributed by atoms with van der Waals surface area (Å²) >= 11 is 0. The second kappa shape index (κ2) is 7.27. The van der Waals surface area contributed by atoms with Gasteiger partial charge in [-0.2, -0.15) is 15.3 Å². The van der Waals surface area contributed by atoms with Crippen LogP contribution in [-0.4, -0.2) is 44.2 Å². The summed E-state index contributed by atoms with van der Waals surface area (Å²) in [6.07, 6.45) is 7.37. The molecule has 8 heteroatoms. The van der Waals surface area contributed by atoms with Crippen LogP contribution < -0.4 is 10.6 Å². The van der Waals surface area contributed by atoms with Gasteiger partial charge in [0, 0.05) is 18.8 Å². The lowest BCUT2D eigenvalue weighted by Gasteiger charge is -2.52. The Balaban J connectivity index is 1.36. The molecule has 3 aromatic heterocycles. The highest BCUT2D eigenvalue weighted by atomic mass is 16.2. The van der Waals surface area contributed by atoms with Gasteiger partial charge in [0.25, 0.3) is 11.8 Å². The number of nitrogens with one attached hydrogen (secondary N) is 2. The standard InChI is InChI=1S/C21H24N6O2/c1-13-10-23-24-12-16(13)19(28)22-11-14-9-18(21(14,2)3)26-20(29)15-5-4-8-27-17(15)6-7-25-27/h4-8,10,12,14,18H,9,11H2,1-3H3,(H,22,28)(H,26,29). The van der Waals surface area contributed by atoms with Gasteiger partial charge in [-0.1, -0.05) is 13.8 Å². The van der Waals surface area contributed by atoms with Crippen LogP contribution in [0.5, 0.6) is 0 Å². The summed E-state index contributed by atoms with van der Waals surface area (Å²) in [6.45, 7) is 6.63. The third-order valence-electron chi connectivity index (χ3n) is 6.14. The van der Waals surface area contributed by atoms with Gasteiger partial charge in [0.15, 0.2) is 0 Å². The van der Waals surface area contributed by atoms with Crippen molar-refractivity contribution in [2.24, 2.45) is 11.3 Å². The molecule has 8 nitrogen and oxygen atoms in total. The number of fused-ring (bicyclic) bond motifs is 1. The minimum Gasteiger partial charge on any atom is -0.352 e. The number of aromatic nitrogens is 4. The number of carbonyl (C=O) groups excluding carboxylic acids is 2. The summed E-state index contributed by atoms with van der Waals surface area (Å²) < 4.78 is 1.69. The molecule has 0 saturated heterocycles. The number of nitrogens with zero attached hydrogens (tertiary/aromatic N) is 4. The first-order valence-corrected chi connectivity index (χ1v) is 9.66. The van der Waals surface area contributed by atoms with Crippen LogP contribution >= 0.6 is 0 Å². The van der Waals surface area contributed by atoms with Gasteiger partial charge < -0.3 is 10.6 Å². The molecule has 3 heterocycles. The van der Waals surface area contributed by atoms with Gasteiger partial charge in [-0.05, 0) is 48.4 Å². The Kier molecular flexibility index (Phi) is 4.77. The van der Waals surface area contributed by atoms with Crippen molar-refractivity contribution in [2.45, 2.75) is 33.2 Å². The van der Waals surface area contributed by atoms with Crippen molar-refractivity contribution >= 4 is 17.3 Å². The van der Waals surface area contributed by atoms with Crippen LogP contribution in [0.1, 0.15) is 46.5 Å². The highest BCUT2D eigenvalue weighted by Crippen LogP contribution is 2.46. The fraction of sp³-hybridized carbons (Fsp3) is 0.381. The van der Waals surface area contributed by atoms with Crippen LogP contribution in [-0.2, 0) is 0 Å². The first-order valence-electron chi connectivity index (χ1n) is 9.66. The third-order valence-corrected chi connectivity index (χ3v) is 6.14. The molecule has 4 rings (SSSR count). The van der Waals surface area contributed by atoms with Crippen molar-refractivity contribution in [3.05, 3.63) is 59.7 Å². The van der Waals surface area contributed by atoms with Crippen LogP contribution in [0.2, 0.25) is 0 Å². The normalized spacial score (nSPS) is 20.1. The fourth-order valence-electron chi connectivity index (χ4n) is 3.92. The molecule has 1 fully saturated rings. The average molecular weight is 392 g/mol. The number of rotatable bonds is 5. The average Bonchev–Trinajstić information content (AvgIpc) is 3.19. The lowest BCUT2D eigenvalue weighted by molar-refractivity contribution is 0.0150. The Morgan fingerprint density at radius 2 is 1.97 bits per heavy atom. The van der Waals surface area contributed by atoms with Gasteiger partial charge in [-0.15, -0.1) is 0 Å². The summed E-state index contributed by atoms with van der Waals surface area (Å²) in [6, 6.07) is 5.50. The molecular formula is C21H24N6O2. The number of pyridine rings is 1. The minimum atomic E-state index is -0.145. The Morgan fingerprint density at radius 1 is 1.17 bits per heavy atom. The molecule has 1 aliphatic carbocycles. The van der Waals surface area contributed by atoms with E-state index in [-0.39, 0.29) is 29.2 Å². The smallest absolute Gasteiger partial charge is 0.253 e. The van der Waals surface area contributed by atoms with Gasteiger partial charge >= 0.3 is 0 Å². The predicted octanol–water partition coefficient (Wildman–Crippen LogP) is 2.01. The first kappa shape index (κ1) is 19.0. The lowest BCUT2D eigenvalue weighted by atomic mass is 9.58. The fourth-order valence-corrected chi connectivity index (χ4v) is 3.92. The highest BCUT2D eigenvalue weighted by Gasteiger charge is 2.48. The maximum Gasteiger partial charge on any atom is 0.253 e. The Hall–Kier alpha value is -3.29. The molecule has 150 valence electrons. The molecule has 2 atom stereocenters. The topological polar surface area (TPSA) is 101 Å². The molecule has 1 saturated carbocycles. The van der Waals surface area contributed by atoms with Gasteiger partial charge in [0.2, 0.25) is 0 Å². The summed E-state index contributed by atoms with van der Waals surface area (Å²) in [7, 11) is 0. The third kappa shape index (κ3) is 3.46. The quantitative estimate of drug-likeness (QED) is 0.692. The Bertz CT molecular complexity index is 1070. The van der Waals surface area contributed by atoms with E-state index in [1.54, 1.807) is 23.0 Å². The van der Waals surface area contributed by atoms with Crippen molar-refractivity contribution in [1.82, 2.24) is 30.4 Å². The van der Waals surface area contributed by atoms with E-state index in [9.17, 15) is 9.59 Å². The Labute approximate surface area is 168 Å². The molecule has 1 aliphatic rings. The summed E-state index contributed by atoms with van der Waals surface area (Å²) in [5.74, 6) is 0.0286. The predicted molar refractivity (Wildman–Crippen MR) is 107 cm³/mol. The van der Waals surface area contributed by atoms with E-state index in [1.807, 2.05) is 25.3 Å². The maximum absolute atomic E-state index is 12.8. The molecule has 29 heavy (non-hydrogen) atoms. The number of aryl methyl sites for hydroxylation is 1. The number of amides is 2. The molecule has 0 spiro atoms. The monoisotopic (exact) mass is 392 g/mol. The first-order chi connectivity index (χ1) is 13.9. The van der Waals surface area contributed by atoms with Crippen molar-refractivity contribution in [1.29, 1.82) is 0 Å². The zero-order valence-electron chi connectivity index (χ0n) is 16.7. The van der Waals surface area contributed by atoms with E-state index >= 15 is 0 Å². The lowest BCUT2D eigenvalue weighted by Crippen LogP contribution is -2.60. The second-order valence-corrected chi connectivity index (χ2v) is 8.16. The van der Waals surface area contributed by atoms with Crippen molar-refractivity contribution in [3.63, 3.8) is 0 Å². The molecule has 0 bridgehead atoms.